The fourth-order valence-corrected chi connectivity index (χ4v) is 2.36. The SMILES string of the molecule is OCC#Cc1ccc(Cc2nccc3ccccc23)cc1. The third-order valence-electron chi connectivity index (χ3n) is 3.39. The van der Waals surface area contributed by atoms with Crippen molar-refractivity contribution in [3.63, 3.8) is 0 Å². The first-order valence-corrected chi connectivity index (χ1v) is 6.88. The van der Waals surface area contributed by atoms with Gasteiger partial charge in [-0.3, -0.25) is 4.98 Å². The first kappa shape index (κ1) is 13.4. The van der Waals surface area contributed by atoms with Crippen molar-refractivity contribution in [2.75, 3.05) is 6.61 Å². The summed E-state index contributed by atoms with van der Waals surface area (Å²) in [5.41, 5.74) is 3.20. The van der Waals surface area contributed by atoms with Gasteiger partial charge in [-0.1, -0.05) is 48.2 Å². The number of aliphatic hydroxyl groups excluding tert-OH is 1. The highest BCUT2D eigenvalue weighted by atomic mass is 16.2. The van der Waals surface area contributed by atoms with Crippen molar-refractivity contribution >= 4 is 10.8 Å². The predicted octanol–water partition coefficient (Wildman–Crippen LogP) is 3.17. The Balaban J connectivity index is 1.88. The van der Waals surface area contributed by atoms with Crippen LogP contribution in [0.15, 0.2) is 60.8 Å². The Bertz CT molecular complexity index is 805. The Morgan fingerprint density at radius 3 is 2.57 bits per heavy atom. The van der Waals surface area contributed by atoms with E-state index >= 15 is 0 Å². The molecule has 1 aromatic heterocycles. The van der Waals surface area contributed by atoms with Gasteiger partial charge < -0.3 is 5.11 Å². The van der Waals surface area contributed by atoms with Gasteiger partial charge in [0.2, 0.25) is 0 Å². The highest BCUT2D eigenvalue weighted by molar-refractivity contribution is 5.84. The van der Waals surface area contributed by atoms with Crippen molar-refractivity contribution in [3.05, 3.63) is 77.6 Å². The zero-order valence-corrected chi connectivity index (χ0v) is 11.6. The van der Waals surface area contributed by atoms with E-state index in [1.807, 2.05) is 36.5 Å². The predicted molar refractivity (Wildman–Crippen MR) is 85.0 cm³/mol. The number of hydrogen-bond donors (Lipinski definition) is 1. The van der Waals surface area contributed by atoms with E-state index in [4.69, 9.17) is 5.11 Å². The maximum absolute atomic E-state index is 8.70. The molecule has 3 rings (SSSR count). The third-order valence-corrected chi connectivity index (χ3v) is 3.39. The first-order chi connectivity index (χ1) is 10.4. The van der Waals surface area contributed by atoms with Crippen molar-refractivity contribution < 1.29 is 5.11 Å². The fourth-order valence-electron chi connectivity index (χ4n) is 2.36. The van der Waals surface area contributed by atoms with Crippen molar-refractivity contribution in [1.82, 2.24) is 4.98 Å². The molecule has 0 aliphatic heterocycles. The van der Waals surface area contributed by atoms with Crippen LogP contribution in [-0.4, -0.2) is 16.7 Å². The van der Waals surface area contributed by atoms with E-state index in [1.54, 1.807) is 0 Å². The van der Waals surface area contributed by atoms with Gasteiger partial charge in [-0.2, -0.15) is 0 Å². The molecule has 3 aromatic rings. The lowest BCUT2D eigenvalue weighted by Gasteiger charge is -2.06. The lowest BCUT2D eigenvalue weighted by molar-refractivity contribution is 0.350. The van der Waals surface area contributed by atoms with Gasteiger partial charge in [0.25, 0.3) is 0 Å². The van der Waals surface area contributed by atoms with E-state index < -0.39 is 0 Å². The lowest BCUT2D eigenvalue weighted by Crippen LogP contribution is -1.93. The second-order valence-corrected chi connectivity index (χ2v) is 4.81. The smallest absolute Gasteiger partial charge is 0.104 e. The topological polar surface area (TPSA) is 33.1 Å². The van der Waals surface area contributed by atoms with Crippen LogP contribution in [0.3, 0.4) is 0 Å². The number of aromatic nitrogens is 1. The summed E-state index contributed by atoms with van der Waals surface area (Å²) in [5, 5.41) is 11.1. The zero-order valence-electron chi connectivity index (χ0n) is 11.6. The number of rotatable bonds is 2. The molecule has 102 valence electrons. The third kappa shape index (κ3) is 3.10. The Kier molecular flexibility index (Phi) is 3.95. The summed E-state index contributed by atoms with van der Waals surface area (Å²) < 4.78 is 0. The van der Waals surface area contributed by atoms with E-state index in [-0.39, 0.29) is 6.61 Å². The number of benzene rings is 2. The van der Waals surface area contributed by atoms with Gasteiger partial charge in [-0.25, -0.2) is 0 Å². The van der Waals surface area contributed by atoms with Gasteiger partial charge in [-0.15, -0.1) is 0 Å². The summed E-state index contributed by atoms with van der Waals surface area (Å²) in [7, 11) is 0. The van der Waals surface area contributed by atoms with Crippen LogP contribution in [0.25, 0.3) is 10.8 Å². The molecule has 2 aromatic carbocycles. The molecule has 0 aliphatic carbocycles. The normalized spacial score (nSPS) is 10.1. The summed E-state index contributed by atoms with van der Waals surface area (Å²) in [6.45, 7) is -0.109. The minimum Gasteiger partial charge on any atom is -0.384 e. The van der Waals surface area contributed by atoms with Crippen LogP contribution in [0.1, 0.15) is 16.8 Å². The van der Waals surface area contributed by atoms with Gasteiger partial charge in [0, 0.05) is 23.6 Å². The molecule has 2 nitrogen and oxygen atoms in total. The van der Waals surface area contributed by atoms with Gasteiger partial charge in [-0.05, 0) is 29.1 Å². The molecular formula is C19H15NO. The maximum atomic E-state index is 8.70. The highest BCUT2D eigenvalue weighted by Crippen LogP contribution is 2.19. The van der Waals surface area contributed by atoms with E-state index in [1.165, 1.54) is 16.3 Å². The van der Waals surface area contributed by atoms with E-state index in [0.29, 0.717) is 0 Å². The van der Waals surface area contributed by atoms with Crippen molar-refractivity contribution in [3.8, 4) is 11.8 Å². The quantitative estimate of drug-likeness (QED) is 0.727. The lowest BCUT2D eigenvalue weighted by atomic mass is 10.0. The number of fused-ring (bicyclic) bond motifs is 1. The van der Waals surface area contributed by atoms with Crippen LogP contribution in [0.4, 0.5) is 0 Å². The molecule has 0 unspecified atom stereocenters. The van der Waals surface area contributed by atoms with Crippen molar-refractivity contribution in [2.45, 2.75) is 6.42 Å². The molecule has 2 heteroatoms. The largest absolute Gasteiger partial charge is 0.384 e. The molecule has 0 bridgehead atoms. The van der Waals surface area contributed by atoms with Gasteiger partial charge >= 0.3 is 0 Å². The van der Waals surface area contributed by atoms with Gasteiger partial charge in [0.1, 0.15) is 6.61 Å². The van der Waals surface area contributed by atoms with Crippen LogP contribution < -0.4 is 0 Å². The molecule has 0 saturated heterocycles. The summed E-state index contributed by atoms with van der Waals surface area (Å²) >= 11 is 0. The molecule has 0 fully saturated rings. The Morgan fingerprint density at radius 2 is 1.76 bits per heavy atom. The second kappa shape index (κ2) is 6.21. The van der Waals surface area contributed by atoms with E-state index in [2.05, 4.69) is 41.1 Å². The minimum atomic E-state index is -0.109. The number of hydrogen-bond acceptors (Lipinski definition) is 2. The van der Waals surface area contributed by atoms with Crippen LogP contribution in [0, 0.1) is 11.8 Å². The Morgan fingerprint density at radius 1 is 0.952 bits per heavy atom. The second-order valence-electron chi connectivity index (χ2n) is 4.81. The molecule has 0 aliphatic rings. The first-order valence-electron chi connectivity index (χ1n) is 6.88. The minimum absolute atomic E-state index is 0.109. The average molecular weight is 273 g/mol. The van der Waals surface area contributed by atoms with Gasteiger partial charge in [0.15, 0.2) is 0 Å². The van der Waals surface area contributed by atoms with Crippen molar-refractivity contribution in [1.29, 1.82) is 0 Å². The van der Waals surface area contributed by atoms with Crippen LogP contribution in [-0.2, 0) is 6.42 Å². The number of pyridine rings is 1. The monoisotopic (exact) mass is 273 g/mol. The molecule has 0 amide bonds. The van der Waals surface area contributed by atoms with Crippen molar-refractivity contribution in [2.24, 2.45) is 0 Å². The Hall–Kier alpha value is -2.63. The maximum Gasteiger partial charge on any atom is 0.104 e. The van der Waals surface area contributed by atoms with E-state index in [0.717, 1.165) is 17.7 Å². The molecule has 0 spiro atoms. The molecular weight excluding hydrogens is 258 g/mol. The molecule has 0 saturated carbocycles. The fraction of sp³-hybridized carbons (Fsp3) is 0.105. The van der Waals surface area contributed by atoms with Gasteiger partial charge in [0.05, 0.1) is 5.69 Å². The number of aliphatic hydroxyl groups is 1. The van der Waals surface area contributed by atoms with Crippen LogP contribution in [0.2, 0.25) is 0 Å². The summed E-state index contributed by atoms with van der Waals surface area (Å²) in [6, 6.07) is 18.4. The summed E-state index contributed by atoms with van der Waals surface area (Å²) in [6.07, 6.45) is 2.66. The number of nitrogens with zero attached hydrogens (tertiary/aromatic N) is 1. The van der Waals surface area contributed by atoms with E-state index in [9.17, 15) is 0 Å². The summed E-state index contributed by atoms with van der Waals surface area (Å²) in [5.74, 6) is 5.55. The Labute approximate surface area is 124 Å². The molecule has 1 N–H and O–H groups in total. The van der Waals surface area contributed by atoms with Crippen LogP contribution in [0.5, 0.6) is 0 Å². The average Bonchev–Trinajstić information content (AvgIpc) is 2.55. The standard InChI is InChI=1S/C19H15NO/c21-13-3-4-15-7-9-16(10-8-15)14-19-18-6-2-1-5-17(18)11-12-20-19/h1-2,5-12,21H,13-14H2. The molecule has 0 radical (unpaired) electrons. The molecule has 1 heterocycles. The zero-order chi connectivity index (χ0) is 14.5. The van der Waals surface area contributed by atoms with Crippen LogP contribution >= 0.6 is 0 Å². The highest BCUT2D eigenvalue weighted by Gasteiger charge is 2.03. The molecule has 0 atom stereocenters. The molecule has 21 heavy (non-hydrogen) atoms. The summed E-state index contributed by atoms with van der Waals surface area (Å²) in [4.78, 5) is 4.51.